The minimum atomic E-state index is 0.0256. The van der Waals surface area contributed by atoms with E-state index in [4.69, 9.17) is 15.7 Å². The van der Waals surface area contributed by atoms with Crippen molar-refractivity contribution in [1.82, 2.24) is 19.9 Å². The number of benzene rings is 4. The summed E-state index contributed by atoms with van der Waals surface area (Å²) in [4.78, 5) is 18.8. The van der Waals surface area contributed by atoms with Crippen LogP contribution in [0.5, 0.6) is 0 Å². The van der Waals surface area contributed by atoms with Crippen LogP contribution in [0.25, 0.3) is 90.9 Å². The van der Waals surface area contributed by atoms with E-state index in [2.05, 4.69) is 206 Å². The number of aromatic nitrogens is 4. The number of hydrogen-bond acceptors (Lipinski definition) is 3. The second-order valence-electron chi connectivity index (χ2n) is 19.6. The molecule has 0 saturated carbocycles. The first kappa shape index (κ1) is 39.7. The van der Waals surface area contributed by atoms with Crippen LogP contribution in [-0.2, 0) is 16.2 Å². The molecule has 3 aromatic heterocycles. The minimum Gasteiger partial charge on any atom is -0.399 e. The molecule has 5 heteroatoms. The largest absolute Gasteiger partial charge is 0.399 e. The third-order valence-electron chi connectivity index (χ3n) is 12.1. The first-order chi connectivity index (χ1) is 29.0. The summed E-state index contributed by atoms with van der Waals surface area (Å²) in [7, 11) is 0. The number of nitrogen functional groups attached to an aromatic ring is 1. The van der Waals surface area contributed by atoms with Gasteiger partial charge in [-0.3, -0.25) is 0 Å². The number of nitrogens with zero attached hydrogens (tertiary/aromatic N) is 2. The highest BCUT2D eigenvalue weighted by Gasteiger charge is 2.22. The van der Waals surface area contributed by atoms with Crippen LogP contribution < -0.4 is 5.73 Å². The first-order valence-electron chi connectivity index (χ1n) is 21.4. The van der Waals surface area contributed by atoms with Gasteiger partial charge in [0.25, 0.3) is 0 Å². The smallest absolute Gasteiger partial charge is 0.0737 e. The lowest BCUT2D eigenvalue weighted by atomic mass is 9.86. The predicted octanol–water partition coefficient (Wildman–Crippen LogP) is 14.8. The molecule has 4 aromatic carbocycles. The van der Waals surface area contributed by atoms with E-state index in [1.165, 1.54) is 16.7 Å². The molecular weight excluding hydrogens is 743 g/mol. The zero-order valence-corrected chi connectivity index (χ0v) is 36.8. The van der Waals surface area contributed by atoms with Gasteiger partial charge in [0, 0.05) is 50.0 Å². The summed E-state index contributed by atoms with van der Waals surface area (Å²) in [5.41, 5.74) is 26.7. The summed E-state index contributed by atoms with van der Waals surface area (Å²) in [6.07, 6.45) is 8.62. The molecule has 0 atom stereocenters. The second-order valence-corrected chi connectivity index (χ2v) is 19.6. The van der Waals surface area contributed by atoms with Crippen molar-refractivity contribution in [3.63, 3.8) is 0 Å². The normalized spacial score (nSPS) is 12.9. The number of anilines is 1. The Labute approximate surface area is 360 Å². The quantitative estimate of drug-likeness (QED) is 0.155. The van der Waals surface area contributed by atoms with Gasteiger partial charge in [-0.15, -0.1) is 0 Å². The lowest BCUT2D eigenvalue weighted by Gasteiger charge is -2.19. The van der Waals surface area contributed by atoms with E-state index in [0.29, 0.717) is 5.69 Å². The number of hydrogen-bond donors (Lipinski definition) is 3. The Morgan fingerprint density at radius 2 is 0.557 bits per heavy atom. The van der Waals surface area contributed by atoms with E-state index >= 15 is 0 Å². The Bertz CT molecular complexity index is 2970. The summed E-state index contributed by atoms with van der Waals surface area (Å²) in [6.45, 7) is 20.3. The summed E-state index contributed by atoms with van der Waals surface area (Å²) in [5, 5.41) is 0. The molecule has 0 aliphatic carbocycles. The van der Waals surface area contributed by atoms with Crippen LogP contribution in [0, 0.1) is 0 Å². The fraction of sp³-hybridized carbons (Fsp3) is 0.214. The van der Waals surface area contributed by atoms with E-state index in [9.17, 15) is 0 Å². The Balaban J connectivity index is 1.42. The topological polar surface area (TPSA) is 83.4 Å². The van der Waals surface area contributed by atoms with Gasteiger partial charge in [0.05, 0.1) is 22.8 Å². The predicted molar refractivity (Wildman–Crippen MR) is 261 cm³/mol. The molecule has 0 spiro atoms. The van der Waals surface area contributed by atoms with Crippen molar-refractivity contribution in [2.75, 3.05) is 5.73 Å². The van der Waals surface area contributed by atoms with E-state index in [-0.39, 0.29) is 16.2 Å². The molecule has 0 radical (unpaired) electrons. The molecular formula is C56H55N5. The molecule has 9 rings (SSSR count). The molecule has 0 saturated heterocycles. The van der Waals surface area contributed by atoms with Crippen LogP contribution in [-0.4, -0.2) is 19.9 Å². The van der Waals surface area contributed by atoms with Crippen LogP contribution >= 0.6 is 0 Å². The molecule has 8 bridgehead atoms. The Morgan fingerprint density at radius 1 is 0.328 bits per heavy atom. The summed E-state index contributed by atoms with van der Waals surface area (Å²) in [5.74, 6) is 0. The SMILES string of the molecule is CC(C)(C)c1ccc(-c2c3nc(c(-c4ccc(C(C)(C)C)cc4)c4ccc([nH]4)c(-c4ccc(C(C)(C)C)cc4)c4nc(c(-c5ccc(N)cc5)c5ccc2[nH]5)C=C4)C=C3)cc1. The maximum absolute atomic E-state index is 6.24. The fourth-order valence-electron chi connectivity index (χ4n) is 8.48. The van der Waals surface area contributed by atoms with E-state index < -0.39 is 0 Å². The molecule has 0 amide bonds. The number of H-pyrrole nitrogens is 2. The molecule has 2 aliphatic heterocycles. The minimum absolute atomic E-state index is 0.0256. The standard InChI is InChI=1S/C56H55N5/c1-54(2,3)38-18-10-34(11-19-38)50-42-26-28-44(58-42)51(35-12-20-39(21-13-35)55(4,5)6)46-30-32-48(60-46)53(37-16-24-41(57)25-17-37)49-33-31-47(61-49)52(45-29-27-43(50)59-45)36-14-22-40(23-15-36)56(7,8)9/h10-33,58,61H,57H2,1-9H3. The van der Waals surface area contributed by atoms with Gasteiger partial charge >= 0.3 is 0 Å². The molecule has 304 valence electrons. The fourth-order valence-corrected chi connectivity index (χ4v) is 8.48. The van der Waals surface area contributed by atoms with Gasteiger partial charge in [0.15, 0.2) is 0 Å². The van der Waals surface area contributed by atoms with Crippen molar-refractivity contribution >= 4 is 52.1 Å². The van der Waals surface area contributed by atoms with Gasteiger partial charge in [0.1, 0.15) is 0 Å². The summed E-state index contributed by atoms with van der Waals surface area (Å²) in [6, 6.07) is 43.7. The van der Waals surface area contributed by atoms with Gasteiger partial charge < -0.3 is 15.7 Å². The third kappa shape index (κ3) is 7.66. The molecule has 5 nitrogen and oxygen atoms in total. The van der Waals surface area contributed by atoms with E-state index in [0.717, 1.165) is 89.4 Å². The van der Waals surface area contributed by atoms with Crippen molar-refractivity contribution in [3.8, 4) is 44.5 Å². The molecule has 5 heterocycles. The average molecular weight is 798 g/mol. The van der Waals surface area contributed by atoms with Crippen molar-refractivity contribution in [3.05, 3.63) is 161 Å². The van der Waals surface area contributed by atoms with Crippen molar-refractivity contribution in [2.45, 2.75) is 78.6 Å². The van der Waals surface area contributed by atoms with Crippen molar-refractivity contribution in [1.29, 1.82) is 0 Å². The van der Waals surface area contributed by atoms with Gasteiger partial charge in [-0.05, 0) is 116 Å². The highest BCUT2D eigenvalue weighted by molar-refractivity contribution is 6.00. The van der Waals surface area contributed by atoms with Crippen LogP contribution in [0.4, 0.5) is 5.69 Å². The van der Waals surface area contributed by atoms with Gasteiger partial charge in [-0.2, -0.15) is 0 Å². The number of fused-ring (bicyclic) bond motifs is 8. The highest BCUT2D eigenvalue weighted by atomic mass is 14.8. The molecule has 61 heavy (non-hydrogen) atoms. The van der Waals surface area contributed by atoms with Crippen LogP contribution in [0.3, 0.4) is 0 Å². The molecule has 4 N–H and O–H groups in total. The molecule has 2 aliphatic rings. The summed E-state index contributed by atoms with van der Waals surface area (Å²) < 4.78 is 0. The van der Waals surface area contributed by atoms with E-state index in [1.54, 1.807) is 0 Å². The lowest BCUT2D eigenvalue weighted by molar-refractivity contribution is 0.590. The first-order valence-corrected chi connectivity index (χ1v) is 21.4. The maximum atomic E-state index is 6.24. The van der Waals surface area contributed by atoms with E-state index in [1.807, 2.05) is 12.1 Å². The third-order valence-corrected chi connectivity index (χ3v) is 12.1. The molecule has 0 unspecified atom stereocenters. The Morgan fingerprint density at radius 3 is 0.787 bits per heavy atom. The monoisotopic (exact) mass is 797 g/mol. The number of nitrogens with two attached hydrogens (primary N) is 1. The zero-order chi connectivity index (χ0) is 42.8. The number of aromatic amines is 2. The number of rotatable bonds is 4. The number of nitrogens with one attached hydrogen (secondary N) is 2. The molecule has 7 aromatic rings. The van der Waals surface area contributed by atoms with Crippen LogP contribution in [0.1, 0.15) is 102 Å². The van der Waals surface area contributed by atoms with Crippen molar-refractivity contribution in [2.24, 2.45) is 0 Å². The highest BCUT2D eigenvalue weighted by Crippen LogP contribution is 2.40. The molecule has 0 fully saturated rings. The van der Waals surface area contributed by atoms with Gasteiger partial charge in [-0.1, -0.05) is 147 Å². The second kappa shape index (κ2) is 14.8. The summed E-state index contributed by atoms with van der Waals surface area (Å²) >= 11 is 0. The zero-order valence-electron chi connectivity index (χ0n) is 36.8. The lowest BCUT2D eigenvalue weighted by Crippen LogP contribution is -2.10. The van der Waals surface area contributed by atoms with Crippen LogP contribution in [0.2, 0.25) is 0 Å². The Kier molecular flexibility index (Phi) is 9.62. The Hall–Kier alpha value is -6.72. The van der Waals surface area contributed by atoms with Crippen molar-refractivity contribution < 1.29 is 0 Å². The van der Waals surface area contributed by atoms with Crippen LogP contribution in [0.15, 0.2) is 121 Å². The van der Waals surface area contributed by atoms with Gasteiger partial charge in [-0.25, -0.2) is 9.97 Å². The maximum Gasteiger partial charge on any atom is 0.0737 e. The average Bonchev–Trinajstić information content (AvgIpc) is 4.06. The van der Waals surface area contributed by atoms with Gasteiger partial charge in [0.2, 0.25) is 0 Å².